The molecule has 0 unspecified atom stereocenters. The molecule has 2 aliphatic rings. The number of piperazine rings is 1. The zero-order valence-corrected chi connectivity index (χ0v) is 28.5. The van der Waals surface area contributed by atoms with Gasteiger partial charge in [0.05, 0.1) is 31.9 Å². The lowest BCUT2D eigenvalue weighted by atomic mass is 9.94. The third kappa shape index (κ3) is 7.69. The standard InChI is InChI=1S/C33H37Br2N5O5/c1-3-44-28-20-26(43-2)12-13-27(28)32-37-30(22-4-8-24(34)9-5-22)31(23-6-10-25(35)11-7-23)40(32)33(42)39-16-14-38(15-17-39)18-19-45-29(41)21-36/h4-13,20,30-31H,3,14-19,21,36H2,1-2H3/t30-,31+/m0/s1. The maximum atomic E-state index is 14.7. The summed E-state index contributed by atoms with van der Waals surface area (Å²) < 4.78 is 18.6. The maximum absolute atomic E-state index is 14.7. The predicted octanol–water partition coefficient (Wildman–Crippen LogP) is 5.40. The van der Waals surface area contributed by atoms with Crippen molar-refractivity contribution in [2.75, 3.05) is 59.6 Å². The number of urea groups is 1. The van der Waals surface area contributed by atoms with Crippen LogP contribution in [0.5, 0.6) is 11.5 Å². The van der Waals surface area contributed by atoms with E-state index in [9.17, 15) is 9.59 Å². The number of carbonyl (C=O) groups excluding carboxylic acids is 2. The SMILES string of the molecule is CCOc1cc(OC)ccc1C1=N[C@@H](c2ccc(Br)cc2)[C@@H](c2ccc(Br)cc2)N1C(=O)N1CCN(CCOC(=O)CN)CC1. The molecular formula is C33H37Br2N5O5. The first-order chi connectivity index (χ1) is 21.8. The van der Waals surface area contributed by atoms with E-state index in [1.54, 1.807) is 7.11 Å². The average Bonchev–Trinajstić information content (AvgIpc) is 3.45. The van der Waals surface area contributed by atoms with Gasteiger partial charge in [0, 0.05) is 47.7 Å². The molecule has 0 aromatic heterocycles. The Balaban J connectivity index is 1.53. The fraction of sp³-hybridized carbons (Fsp3) is 0.364. The van der Waals surface area contributed by atoms with Crippen molar-refractivity contribution in [3.63, 3.8) is 0 Å². The Morgan fingerprint density at radius 2 is 1.58 bits per heavy atom. The summed E-state index contributed by atoms with van der Waals surface area (Å²) in [6, 6.07) is 20.8. The number of nitrogens with two attached hydrogens (primary N) is 1. The maximum Gasteiger partial charge on any atom is 0.326 e. The number of benzene rings is 3. The lowest BCUT2D eigenvalue weighted by Gasteiger charge is -2.39. The molecule has 0 bridgehead atoms. The second-order valence-electron chi connectivity index (χ2n) is 10.6. The highest BCUT2D eigenvalue weighted by Crippen LogP contribution is 2.45. The Bertz CT molecular complexity index is 1510. The van der Waals surface area contributed by atoms with Gasteiger partial charge < -0.3 is 24.8 Å². The molecule has 12 heteroatoms. The first kappa shape index (κ1) is 32.9. The number of amides is 2. The lowest BCUT2D eigenvalue weighted by molar-refractivity contribution is -0.142. The molecule has 0 saturated carbocycles. The first-order valence-corrected chi connectivity index (χ1v) is 16.5. The molecule has 0 aliphatic carbocycles. The molecule has 10 nitrogen and oxygen atoms in total. The number of nitrogens with zero attached hydrogens (tertiary/aromatic N) is 4. The van der Waals surface area contributed by atoms with Crippen LogP contribution in [-0.4, -0.2) is 92.1 Å². The van der Waals surface area contributed by atoms with Crippen molar-refractivity contribution in [2.45, 2.75) is 19.0 Å². The Morgan fingerprint density at radius 1 is 0.933 bits per heavy atom. The summed E-state index contributed by atoms with van der Waals surface area (Å²) in [6.07, 6.45) is 0. The van der Waals surface area contributed by atoms with Crippen LogP contribution in [0.15, 0.2) is 80.7 Å². The largest absolute Gasteiger partial charge is 0.497 e. The van der Waals surface area contributed by atoms with Crippen molar-refractivity contribution in [1.82, 2.24) is 14.7 Å². The number of hydrogen-bond acceptors (Lipinski definition) is 8. The van der Waals surface area contributed by atoms with Crippen LogP contribution in [0.3, 0.4) is 0 Å². The number of carbonyl (C=O) groups is 2. The quantitative estimate of drug-likeness (QED) is 0.277. The van der Waals surface area contributed by atoms with E-state index in [1.165, 1.54) is 0 Å². The summed E-state index contributed by atoms with van der Waals surface area (Å²) >= 11 is 7.12. The van der Waals surface area contributed by atoms with Gasteiger partial charge in [0.15, 0.2) is 0 Å². The number of aliphatic imine (C=N–C) groups is 1. The molecule has 1 fully saturated rings. The summed E-state index contributed by atoms with van der Waals surface area (Å²) in [6.45, 7) is 5.42. The number of methoxy groups -OCH3 is 1. The summed E-state index contributed by atoms with van der Waals surface area (Å²) in [5, 5.41) is 0. The fourth-order valence-electron chi connectivity index (χ4n) is 5.61. The molecule has 2 amide bonds. The zero-order chi connectivity index (χ0) is 31.9. The second-order valence-corrected chi connectivity index (χ2v) is 12.5. The van der Waals surface area contributed by atoms with Crippen LogP contribution in [-0.2, 0) is 9.53 Å². The molecule has 45 heavy (non-hydrogen) atoms. The second kappa shape index (κ2) is 15.2. The van der Waals surface area contributed by atoms with Crippen molar-refractivity contribution < 1.29 is 23.8 Å². The number of esters is 1. The van der Waals surface area contributed by atoms with Crippen LogP contribution < -0.4 is 15.2 Å². The number of rotatable bonds is 10. The first-order valence-electron chi connectivity index (χ1n) is 14.9. The van der Waals surface area contributed by atoms with Gasteiger partial charge in [0.2, 0.25) is 0 Å². The lowest BCUT2D eigenvalue weighted by Crippen LogP contribution is -2.54. The molecule has 2 atom stereocenters. The Kier molecular flexibility index (Phi) is 11.1. The Labute approximate surface area is 280 Å². The van der Waals surface area contributed by atoms with E-state index >= 15 is 0 Å². The molecule has 238 valence electrons. The summed E-state index contributed by atoms with van der Waals surface area (Å²) in [5.41, 5.74) is 8.01. The normalized spacial score (nSPS) is 18.5. The van der Waals surface area contributed by atoms with E-state index in [-0.39, 0.29) is 25.2 Å². The minimum atomic E-state index is -0.422. The van der Waals surface area contributed by atoms with Gasteiger partial charge >= 0.3 is 12.0 Å². The van der Waals surface area contributed by atoms with Crippen LogP contribution in [0, 0.1) is 0 Å². The van der Waals surface area contributed by atoms with Gasteiger partial charge in [-0.1, -0.05) is 56.1 Å². The molecule has 0 spiro atoms. The molecule has 2 aliphatic heterocycles. The van der Waals surface area contributed by atoms with Crippen LogP contribution in [0.2, 0.25) is 0 Å². The van der Waals surface area contributed by atoms with E-state index in [0.717, 1.165) is 20.1 Å². The third-order valence-corrected chi connectivity index (χ3v) is 8.96. The van der Waals surface area contributed by atoms with E-state index < -0.39 is 12.0 Å². The van der Waals surface area contributed by atoms with E-state index in [4.69, 9.17) is 24.9 Å². The third-order valence-electron chi connectivity index (χ3n) is 7.91. The van der Waals surface area contributed by atoms with Crippen molar-refractivity contribution in [3.05, 3.63) is 92.4 Å². The van der Waals surface area contributed by atoms with Crippen molar-refractivity contribution in [3.8, 4) is 11.5 Å². The zero-order valence-electron chi connectivity index (χ0n) is 25.3. The Morgan fingerprint density at radius 3 is 2.18 bits per heavy atom. The van der Waals surface area contributed by atoms with E-state index in [1.807, 2.05) is 83.5 Å². The summed E-state index contributed by atoms with van der Waals surface area (Å²) in [7, 11) is 1.61. The van der Waals surface area contributed by atoms with Crippen molar-refractivity contribution in [2.24, 2.45) is 10.7 Å². The highest BCUT2D eigenvalue weighted by atomic mass is 79.9. The monoisotopic (exact) mass is 741 g/mol. The van der Waals surface area contributed by atoms with Gasteiger partial charge in [-0.25, -0.2) is 4.79 Å². The molecule has 0 radical (unpaired) electrons. The van der Waals surface area contributed by atoms with Gasteiger partial charge in [-0.3, -0.25) is 19.6 Å². The molecule has 5 rings (SSSR count). The molecule has 2 N–H and O–H groups in total. The summed E-state index contributed by atoms with van der Waals surface area (Å²) in [5.74, 6) is 1.37. The van der Waals surface area contributed by atoms with Gasteiger partial charge in [0.25, 0.3) is 0 Å². The summed E-state index contributed by atoms with van der Waals surface area (Å²) in [4.78, 5) is 37.3. The molecule has 3 aromatic carbocycles. The van der Waals surface area contributed by atoms with Crippen LogP contribution >= 0.6 is 31.9 Å². The van der Waals surface area contributed by atoms with Crippen molar-refractivity contribution >= 4 is 49.7 Å². The Hall–Kier alpha value is -3.45. The fourth-order valence-corrected chi connectivity index (χ4v) is 6.14. The highest BCUT2D eigenvalue weighted by Gasteiger charge is 2.45. The van der Waals surface area contributed by atoms with Crippen LogP contribution in [0.1, 0.15) is 35.7 Å². The topological polar surface area (TPSA) is 110 Å². The van der Waals surface area contributed by atoms with Crippen LogP contribution in [0.4, 0.5) is 4.79 Å². The van der Waals surface area contributed by atoms with Gasteiger partial charge in [-0.15, -0.1) is 0 Å². The van der Waals surface area contributed by atoms with E-state index in [2.05, 4.69) is 36.8 Å². The molecule has 2 heterocycles. The molecular weight excluding hydrogens is 706 g/mol. The van der Waals surface area contributed by atoms with Gasteiger partial charge in [-0.2, -0.15) is 0 Å². The van der Waals surface area contributed by atoms with E-state index in [0.29, 0.717) is 62.2 Å². The number of ether oxygens (including phenoxy) is 3. The van der Waals surface area contributed by atoms with Crippen molar-refractivity contribution in [1.29, 1.82) is 0 Å². The molecule has 3 aromatic rings. The minimum Gasteiger partial charge on any atom is -0.497 e. The highest BCUT2D eigenvalue weighted by molar-refractivity contribution is 9.10. The smallest absolute Gasteiger partial charge is 0.326 e. The predicted molar refractivity (Wildman–Crippen MR) is 180 cm³/mol. The minimum absolute atomic E-state index is 0.131. The van der Waals surface area contributed by atoms with Gasteiger partial charge in [0.1, 0.15) is 30.0 Å². The molecule has 1 saturated heterocycles. The van der Waals surface area contributed by atoms with Crippen LogP contribution in [0.25, 0.3) is 0 Å². The number of hydrogen-bond donors (Lipinski definition) is 1. The average molecular weight is 743 g/mol. The van der Waals surface area contributed by atoms with Gasteiger partial charge in [-0.05, 0) is 54.4 Å². The number of amidine groups is 1. The number of halogens is 2.